The highest BCUT2D eigenvalue weighted by Crippen LogP contribution is 2.37. The number of carboxylic acids is 1. The highest BCUT2D eigenvalue weighted by molar-refractivity contribution is 5.87. The van der Waals surface area contributed by atoms with Crippen LogP contribution in [0.1, 0.15) is 69.8 Å². The van der Waals surface area contributed by atoms with E-state index in [1.54, 1.807) is 46.1 Å². The van der Waals surface area contributed by atoms with E-state index in [1.807, 2.05) is 13.8 Å². The van der Waals surface area contributed by atoms with Gasteiger partial charge in [0.15, 0.2) is 23.0 Å². The largest absolute Gasteiger partial charge is 0.493 e. The number of alkyl carbamates (subject to hydrolysis) is 1. The first kappa shape index (κ1) is 24.4. The van der Waals surface area contributed by atoms with Gasteiger partial charge in [-0.15, -0.1) is 0 Å². The summed E-state index contributed by atoms with van der Waals surface area (Å²) in [6.45, 7) is 9.52. The summed E-state index contributed by atoms with van der Waals surface area (Å²) in [5.74, 6) is 0.366. The summed E-state index contributed by atoms with van der Waals surface area (Å²) < 4.78 is 22.5. The minimum Gasteiger partial charge on any atom is -0.493 e. The normalized spacial score (nSPS) is 14.6. The van der Waals surface area contributed by atoms with Gasteiger partial charge in [-0.3, -0.25) is 0 Å². The van der Waals surface area contributed by atoms with Gasteiger partial charge in [-0.25, -0.2) is 14.6 Å². The standard InChI is InChI=1S/C24H32N2O7/c1-13(2)18(26-23(29)33-24(3,4)5)20-19(22(27)28)25-21(32-20)15-9-10-16(30-6)17(11-15)31-12-14-7-8-14/h9-11,13-14,18H,7-8,12H2,1-6H3,(H,26,29)(H,27,28)/t18-/m0/s1. The van der Waals surface area contributed by atoms with Crippen molar-refractivity contribution in [3.05, 3.63) is 29.7 Å². The zero-order valence-corrected chi connectivity index (χ0v) is 19.9. The number of hydrogen-bond donors (Lipinski definition) is 2. The Morgan fingerprint density at radius 1 is 1.24 bits per heavy atom. The van der Waals surface area contributed by atoms with Crippen LogP contribution in [0.2, 0.25) is 0 Å². The number of ether oxygens (including phenoxy) is 3. The fourth-order valence-electron chi connectivity index (χ4n) is 3.20. The Hall–Kier alpha value is -3.23. The number of oxazole rings is 1. The van der Waals surface area contributed by atoms with Gasteiger partial charge >= 0.3 is 12.1 Å². The molecule has 0 saturated heterocycles. The van der Waals surface area contributed by atoms with E-state index in [1.165, 1.54) is 0 Å². The van der Waals surface area contributed by atoms with E-state index in [9.17, 15) is 14.7 Å². The number of nitrogens with one attached hydrogen (secondary N) is 1. The lowest BCUT2D eigenvalue weighted by Crippen LogP contribution is -2.37. The molecule has 2 N–H and O–H groups in total. The first-order chi connectivity index (χ1) is 15.5. The Morgan fingerprint density at radius 2 is 1.94 bits per heavy atom. The summed E-state index contributed by atoms with van der Waals surface area (Å²) in [4.78, 5) is 28.5. The van der Waals surface area contributed by atoms with E-state index in [0.29, 0.717) is 29.6 Å². The summed E-state index contributed by atoms with van der Waals surface area (Å²) >= 11 is 0. The summed E-state index contributed by atoms with van der Waals surface area (Å²) in [7, 11) is 1.56. The first-order valence-electron chi connectivity index (χ1n) is 11.0. The van der Waals surface area contributed by atoms with E-state index in [0.717, 1.165) is 12.8 Å². The summed E-state index contributed by atoms with van der Waals surface area (Å²) in [5, 5.41) is 12.5. The molecule has 0 spiro atoms. The number of rotatable bonds is 9. The third-order valence-corrected chi connectivity index (χ3v) is 5.06. The molecule has 1 atom stereocenters. The van der Waals surface area contributed by atoms with Gasteiger partial charge in [-0.1, -0.05) is 13.8 Å². The second-order valence-corrected chi connectivity index (χ2v) is 9.52. The molecule has 2 aromatic rings. The number of aromatic carboxylic acids is 1. The third-order valence-electron chi connectivity index (χ3n) is 5.06. The third kappa shape index (κ3) is 6.40. The summed E-state index contributed by atoms with van der Waals surface area (Å²) in [5.41, 5.74) is -0.431. The van der Waals surface area contributed by atoms with E-state index in [4.69, 9.17) is 18.6 Å². The molecule has 9 heteroatoms. The lowest BCUT2D eigenvalue weighted by molar-refractivity contribution is 0.0477. The molecule has 1 amide bonds. The molecule has 0 radical (unpaired) electrons. The molecule has 3 rings (SSSR count). The number of benzene rings is 1. The molecule has 1 aliphatic rings. The number of hydrogen-bond acceptors (Lipinski definition) is 7. The Labute approximate surface area is 193 Å². The molecule has 1 fully saturated rings. The molecule has 1 aromatic heterocycles. The van der Waals surface area contributed by atoms with E-state index in [-0.39, 0.29) is 23.3 Å². The molecule has 180 valence electrons. The molecule has 1 aliphatic carbocycles. The van der Waals surface area contributed by atoms with Gasteiger partial charge in [-0.05, 0) is 63.6 Å². The van der Waals surface area contributed by atoms with Gasteiger partial charge in [0.05, 0.1) is 19.8 Å². The quantitative estimate of drug-likeness (QED) is 0.533. The summed E-state index contributed by atoms with van der Waals surface area (Å²) in [6.07, 6.45) is 1.62. The van der Waals surface area contributed by atoms with Crippen molar-refractivity contribution in [3.8, 4) is 23.0 Å². The SMILES string of the molecule is COc1ccc(-c2nc(C(=O)O)c([C@@H](NC(=O)OC(C)(C)C)C(C)C)o2)cc1OCC1CC1. The molecule has 1 saturated carbocycles. The molecule has 0 unspecified atom stereocenters. The molecule has 1 aromatic carbocycles. The second kappa shape index (κ2) is 9.72. The zero-order chi connectivity index (χ0) is 24.3. The minimum atomic E-state index is -1.25. The predicted octanol–water partition coefficient (Wildman–Crippen LogP) is 5.06. The number of nitrogens with zero attached hydrogens (tertiary/aromatic N) is 1. The number of carbonyl (C=O) groups excluding carboxylic acids is 1. The highest BCUT2D eigenvalue weighted by Gasteiger charge is 2.32. The fourth-order valence-corrected chi connectivity index (χ4v) is 3.20. The molecular formula is C24H32N2O7. The van der Waals surface area contributed by atoms with Gasteiger partial charge in [0, 0.05) is 5.56 Å². The fraction of sp³-hybridized carbons (Fsp3) is 0.542. The lowest BCUT2D eigenvalue weighted by atomic mass is 10.0. The number of aromatic nitrogens is 1. The van der Waals surface area contributed by atoms with Crippen molar-refractivity contribution in [2.75, 3.05) is 13.7 Å². The topological polar surface area (TPSA) is 120 Å². The molecular weight excluding hydrogens is 428 g/mol. The predicted molar refractivity (Wildman–Crippen MR) is 121 cm³/mol. The van der Waals surface area contributed by atoms with Gasteiger partial charge < -0.3 is 29.1 Å². The maximum atomic E-state index is 12.4. The van der Waals surface area contributed by atoms with Crippen LogP contribution in [0, 0.1) is 11.8 Å². The number of carbonyl (C=O) groups is 2. The van der Waals surface area contributed by atoms with Crippen molar-refractivity contribution in [1.82, 2.24) is 10.3 Å². The van der Waals surface area contributed by atoms with E-state index >= 15 is 0 Å². The van der Waals surface area contributed by atoms with Gasteiger partial charge in [-0.2, -0.15) is 0 Å². The zero-order valence-electron chi connectivity index (χ0n) is 19.9. The van der Waals surface area contributed by atoms with Crippen LogP contribution in [0.5, 0.6) is 11.5 Å². The Kier molecular flexibility index (Phi) is 7.19. The molecule has 33 heavy (non-hydrogen) atoms. The average molecular weight is 461 g/mol. The van der Waals surface area contributed by atoms with Crippen LogP contribution in [-0.2, 0) is 4.74 Å². The summed E-state index contributed by atoms with van der Waals surface area (Å²) in [6, 6.07) is 4.40. The van der Waals surface area contributed by atoms with Crippen LogP contribution in [0.15, 0.2) is 22.6 Å². The van der Waals surface area contributed by atoms with Crippen molar-refractivity contribution < 1.29 is 33.3 Å². The van der Waals surface area contributed by atoms with Crippen LogP contribution in [0.25, 0.3) is 11.5 Å². The van der Waals surface area contributed by atoms with Crippen molar-refractivity contribution in [2.24, 2.45) is 11.8 Å². The van der Waals surface area contributed by atoms with E-state index in [2.05, 4.69) is 10.3 Å². The lowest BCUT2D eigenvalue weighted by Gasteiger charge is -2.24. The van der Waals surface area contributed by atoms with Crippen LogP contribution < -0.4 is 14.8 Å². The average Bonchev–Trinajstić information content (AvgIpc) is 3.44. The Balaban J connectivity index is 1.94. The molecule has 1 heterocycles. The van der Waals surface area contributed by atoms with Gasteiger partial charge in [0.1, 0.15) is 5.60 Å². The molecule has 0 aliphatic heterocycles. The monoisotopic (exact) mass is 460 g/mol. The minimum absolute atomic E-state index is 0.0506. The smallest absolute Gasteiger partial charge is 0.408 e. The van der Waals surface area contributed by atoms with Crippen LogP contribution in [0.4, 0.5) is 4.79 Å². The Morgan fingerprint density at radius 3 is 2.48 bits per heavy atom. The number of amides is 1. The van der Waals surface area contributed by atoms with Crippen molar-refractivity contribution in [2.45, 2.75) is 59.1 Å². The van der Waals surface area contributed by atoms with Crippen molar-refractivity contribution in [1.29, 1.82) is 0 Å². The molecule has 0 bridgehead atoms. The number of carboxylic acid groups (broad SMARTS) is 1. The maximum Gasteiger partial charge on any atom is 0.408 e. The molecule has 9 nitrogen and oxygen atoms in total. The second-order valence-electron chi connectivity index (χ2n) is 9.52. The van der Waals surface area contributed by atoms with Crippen LogP contribution in [-0.4, -0.2) is 41.5 Å². The highest BCUT2D eigenvalue weighted by atomic mass is 16.6. The van der Waals surface area contributed by atoms with Gasteiger partial charge in [0.2, 0.25) is 5.89 Å². The van der Waals surface area contributed by atoms with Crippen molar-refractivity contribution in [3.63, 3.8) is 0 Å². The van der Waals surface area contributed by atoms with Crippen molar-refractivity contribution >= 4 is 12.1 Å². The van der Waals surface area contributed by atoms with Crippen LogP contribution in [0.3, 0.4) is 0 Å². The Bertz CT molecular complexity index is 1000. The van der Waals surface area contributed by atoms with Crippen LogP contribution >= 0.6 is 0 Å². The maximum absolute atomic E-state index is 12.4. The number of methoxy groups -OCH3 is 1. The first-order valence-corrected chi connectivity index (χ1v) is 11.0. The van der Waals surface area contributed by atoms with E-state index < -0.39 is 23.7 Å². The van der Waals surface area contributed by atoms with Gasteiger partial charge in [0.25, 0.3) is 0 Å².